The molecule has 0 aliphatic carbocycles. The van der Waals surface area contributed by atoms with Gasteiger partial charge >= 0.3 is 148 Å². The Morgan fingerprint density at radius 3 is 1.37 bits per heavy atom. The summed E-state index contributed by atoms with van der Waals surface area (Å²) in [6.45, 7) is -0.150. The summed E-state index contributed by atoms with van der Waals surface area (Å²) in [7, 11) is -11.9. The van der Waals surface area contributed by atoms with E-state index in [1.807, 2.05) is 0 Å². The van der Waals surface area contributed by atoms with Crippen molar-refractivity contribution in [2.24, 2.45) is 5.73 Å². The average molecular weight is 361 g/mol. The van der Waals surface area contributed by atoms with E-state index in [4.69, 9.17) is 10.8 Å². The summed E-state index contributed by atoms with van der Waals surface area (Å²) in [6, 6.07) is 0. The Bertz CT molecular complexity index is 273. The Morgan fingerprint density at radius 1 is 0.947 bits per heavy atom. The van der Waals surface area contributed by atoms with Crippen LogP contribution in [0.1, 0.15) is 12.8 Å². The molecule has 0 saturated heterocycles. The Labute approximate surface area is 222 Å². The van der Waals surface area contributed by atoms with Gasteiger partial charge in [-0.05, 0) is 34.6 Å². The molecule has 0 bridgehead atoms. The molecule has 0 rings (SSSR count). The van der Waals surface area contributed by atoms with E-state index in [0.717, 1.165) is 0 Å². The SMILES string of the molecule is NCCCC(O)(P(=O)([O-])[O-])P(=O)([O-])[O-].[Na+].[Na+].[Na+].[Na+].[NaH]. The minimum absolute atomic E-state index is 0. The van der Waals surface area contributed by atoms with E-state index in [1.54, 1.807) is 0 Å². The Hall–Kier alpha value is 5.22. The van der Waals surface area contributed by atoms with Crippen LogP contribution < -0.4 is 144 Å². The van der Waals surface area contributed by atoms with Crippen LogP contribution in [-0.2, 0) is 9.13 Å². The molecule has 0 unspecified atom stereocenters. The Morgan fingerprint density at radius 2 is 1.21 bits per heavy atom. The van der Waals surface area contributed by atoms with Gasteiger partial charge in [-0.2, -0.15) is 0 Å². The quantitative estimate of drug-likeness (QED) is 0.359. The number of rotatable bonds is 5. The van der Waals surface area contributed by atoms with Gasteiger partial charge < -0.3 is 39.5 Å². The summed E-state index contributed by atoms with van der Waals surface area (Å²) < 4.78 is 20.8. The van der Waals surface area contributed by atoms with Crippen molar-refractivity contribution in [3.8, 4) is 0 Å². The maximum absolute atomic E-state index is 10.4. The van der Waals surface area contributed by atoms with Crippen LogP contribution in [0, 0.1) is 0 Å². The Kier molecular flexibility index (Phi) is 34.5. The van der Waals surface area contributed by atoms with Crippen LogP contribution in [0.3, 0.4) is 0 Å². The first-order chi connectivity index (χ1) is 6.06. The predicted molar refractivity (Wildman–Crippen MR) is 45.6 cm³/mol. The predicted octanol–water partition coefficient (Wildman–Crippen LogP) is -16.4. The molecule has 15 heteroatoms. The van der Waals surface area contributed by atoms with Gasteiger partial charge in [-0.25, -0.2) is 0 Å². The molecule has 0 heterocycles. The van der Waals surface area contributed by atoms with Crippen molar-refractivity contribution < 1.29 is 152 Å². The molecule has 0 atom stereocenters. The number of aliphatic hydroxyl groups is 1. The van der Waals surface area contributed by atoms with E-state index in [-0.39, 0.29) is 161 Å². The molecule has 0 fully saturated rings. The van der Waals surface area contributed by atoms with Gasteiger partial charge in [0, 0.05) is 0 Å². The molecule has 0 aliphatic rings. The van der Waals surface area contributed by atoms with Gasteiger partial charge in [0.15, 0.2) is 0 Å². The van der Waals surface area contributed by atoms with Crippen molar-refractivity contribution >= 4 is 44.7 Å². The zero-order valence-corrected chi connectivity index (χ0v) is 20.8. The molecule has 0 aromatic heterocycles. The standard InChI is InChI=1S/C4H13NO7P2.5Na.H/c5-3-1-2-4(6,13(7,8)9)14(10,11)12;;;;;;/h6H,1-3,5H2,(H2,7,8,9)(H2,10,11,12);;;;;;/q;;4*+1;/p-4. The van der Waals surface area contributed by atoms with Crippen molar-refractivity contribution in [1.82, 2.24) is 0 Å². The fourth-order valence-corrected chi connectivity index (χ4v) is 2.83. The molecule has 8 nitrogen and oxygen atoms in total. The van der Waals surface area contributed by atoms with Crippen LogP contribution in [0.5, 0.6) is 0 Å². The summed E-state index contributed by atoms with van der Waals surface area (Å²) in [5.74, 6) is 0. The third-order valence-electron chi connectivity index (χ3n) is 1.59. The summed E-state index contributed by atoms with van der Waals surface area (Å²) in [4.78, 5) is 41.7. The summed E-state index contributed by atoms with van der Waals surface area (Å²) in [5, 5.41) is 5.22. The first-order valence-corrected chi connectivity index (χ1v) is 6.61. The maximum atomic E-state index is 10.4. The fourth-order valence-electron chi connectivity index (χ4n) is 0.763. The van der Waals surface area contributed by atoms with Crippen LogP contribution in [0.15, 0.2) is 0 Å². The van der Waals surface area contributed by atoms with Crippen LogP contribution >= 0.6 is 15.2 Å². The summed E-state index contributed by atoms with van der Waals surface area (Å²) in [6.07, 6.45) is -1.27. The molecule has 19 heavy (non-hydrogen) atoms. The second-order valence-corrected chi connectivity index (χ2v) is 6.48. The third-order valence-corrected chi connectivity index (χ3v) is 5.26. The molecule has 3 N–H and O–H groups in total. The van der Waals surface area contributed by atoms with Crippen LogP contribution in [0.25, 0.3) is 0 Å². The Balaban J connectivity index is -0.0000000845. The number of nitrogens with two attached hydrogens (primary N) is 1. The van der Waals surface area contributed by atoms with Crippen molar-refractivity contribution in [3.05, 3.63) is 0 Å². The van der Waals surface area contributed by atoms with E-state index in [1.165, 1.54) is 0 Å². The van der Waals surface area contributed by atoms with Gasteiger partial charge in [-0.3, -0.25) is 0 Å². The van der Waals surface area contributed by atoms with Crippen LogP contribution in [0.4, 0.5) is 0 Å². The monoisotopic (exact) mass is 361 g/mol. The normalized spacial score (nSPS) is 10.6. The van der Waals surface area contributed by atoms with E-state index < -0.39 is 26.7 Å². The fraction of sp³-hybridized carbons (Fsp3) is 1.00. The first kappa shape index (κ1) is 39.3. The van der Waals surface area contributed by atoms with E-state index in [2.05, 4.69) is 0 Å². The van der Waals surface area contributed by atoms with Gasteiger partial charge in [0.1, 0.15) is 5.08 Å². The molecule has 0 amide bonds. The number of hydrogen-bond donors (Lipinski definition) is 2. The van der Waals surface area contributed by atoms with Gasteiger partial charge in [-0.15, -0.1) is 0 Å². The average Bonchev–Trinajstić information content (AvgIpc) is 1.95. The van der Waals surface area contributed by atoms with E-state index in [9.17, 15) is 28.7 Å². The second-order valence-electron chi connectivity index (χ2n) is 2.66. The van der Waals surface area contributed by atoms with Gasteiger partial charge in [-0.1, -0.05) is 0 Å². The topological polar surface area (TPSA) is 173 Å². The van der Waals surface area contributed by atoms with Crippen molar-refractivity contribution in [1.29, 1.82) is 0 Å². The second kappa shape index (κ2) is 16.7. The van der Waals surface area contributed by atoms with Gasteiger partial charge in [0.2, 0.25) is 0 Å². The van der Waals surface area contributed by atoms with Crippen LogP contribution in [0.2, 0.25) is 0 Å². The van der Waals surface area contributed by atoms with Gasteiger partial charge in [0.05, 0.1) is 0 Å². The molecular formula is C4H10NNa5O7P2. The molecule has 0 saturated carbocycles. The zero-order chi connectivity index (χ0) is 11.6. The molecule has 0 aromatic carbocycles. The minimum atomic E-state index is -5.93. The van der Waals surface area contributed by atoms with Crippen molar-refractivity contribution in [3.63, 3.8) is 0 Å². The molecule has 0 radical (unpaired) electrons. The summed E-state index contributed by atoms with van der Waals surface area (Å²) in [5.41, 5.74) is 4.92. The van der Waals surface area contributed by atoms with Crippen molar-refractivity contribution in [2.75, 3.05) is 6.54 Å². The van der Waals surface area contributed by atoms with Crippen LogP contribution in [-0.4, -0.2) is 46.3 Å². The van der Waals surface area contributed by atoms with Gasteiger partial charge in [0.25, 0.3) is 0 Å². The first-order valence-electron chi connectivity index (χ1n) is 3.53. The zero-order valence-electron chi connectivity index (χ0n) is 11.0. The molecule has 0 spiro atoms. The van der Waals surface area contributed by atoms with E-state index in [0.29, 0.717) is 0 Å². The van der Waals surface area contributed by atoms with Crippen molar-refractivity contribution in [2.45, 2.75) is 17.9 Å². The molecule has 88 valence electrons. The molecule has 0 aromatic rings. The molecule has 0 aliphatic heterocycles. The summed E-state index contributed by atoms with van der Waals surface area (Å²) >= 11 is 0. The van der Waals surface area contributed by atoms with E-state index >= 15 is 0 Å². The molecular weight excluding hydrogens is 351 g/mol. The third kappa shape index (κ3) is 13.1. The number of hydrogen-bond acceptors (Lipinski definition) is 8.